The molecule has 0 aromatic rings. The minimum absolute atomic E-state index is 0.242. The van der Waals surface area contributed by atoms with Crippen molar-refractivity contribution in [3.8, 4) is 0 Å². The van der Waals surface area contributed by atoms with Crippen LogP contribution in [-0.2, 0) is 0 Å². The lowest BCUT2D eigenvalue weighted by Crippen LogP contribution is -1.67. The Labute approximate surface area is 50.4 Å². The summed E-state index contributed by atoms with van der Waals surface area (Å²) in [7, 11) is 0. The Hall–Kier alpha value is -0.330. The summed E-state index contributed by atoms with van der Waals surface area (Å²) < 4.78 is 11.4. The molecule has 1 radical (unpaired) electrons. The van der Waals surface area contributed by atoms with Crippen LogP contribution in [0, 0.1) is 6.92 Å². The van der Waals surface area contributed by atoms with Gasteiger partial charge in [-0.15, -0.1) is 0 Å². The van der Waals surface area contributed by atoms with Gasteiger partial charge in [0.05, 0.1) is 6.67 Å². The molecule has 0 aromatic carbocycles. The maximum absolute atomic E-state index is 11.4. The van der Waals surface area contributed by atoms with Crippen molar-refractivity contribution in [2.75, 3.05) is 6.67 Å². The van der Waals surface area contributed by atoms with Crippen LogP contribution < -0.4 is 0 Å². The number of hydrogen-bond donors (Lipinski definition) is 0. The molecule has 0 spiro atoms. The smallest absolute Gasteiger partial charge is 0.0928 e. The maximum atomic E-state index is 11.4. The molecule has 0 aliphatic carbocycles. The molecule has 0 atom stereocenters. The predicted molar refractivity (Wildman–Crippen MR) is 34.3 cm³/mol. The third-order valence-electron chi connectivity index (χ3n) is 0.813. The van der Waals surface area contributed by atoms with E-state index in [9.17, 15) is 4.39 Å². The van der Waals surface area contributed by atoms with Crippen LogP contribution in [0.5, 0.6) is 0 Å². The summed E-state index contributed by atoms with van der Waals surface area (Å²) >= 11 is 0. The van der Waals surface area contributed by atoms with Crippen LogP contribution in [0.4, 0.5) is 4.39 Å². The van der Waals surface area contributed by atoms with Gasteiger partial charge in [0.2, 0.25) is 0 Å². The van der Waals surface area contributed by atoms with Crippen LogP contribution in [0.2, 0.25) is 0 Å². The Morgan fingerprint density at radius 2 is 1.88 bits per heavy atom. The van der Waals surface area contributed by atoms with Crippen molar-refractivity contribution in [3.63, 3.8) is 0 Å². The van der Waals surface area contributed by atoms with Crippen LogP contribution in [0.25, 0.3) is 0 Å². The number of hydrogen-bond acceptors (Lipinski definition) is 0. The van der Waals surface area contributed by atoms with Crippen molar-refractivity contribution < 1.29 is 4.39 Å². The molecule has 0 unspecified atom stereocenters. The molecular formula is C7H12F. The van der Waals surface area contributed by atoms with E-state index in [2.05, 4.69) is 6.92 Å². The first kappa shape index (κ1) is 7.67. The second kappa shape index (κ2) is 6.67. The lowest BCUT2D eigenvalue weighted by molar-refractivity contribution is 0.501. The standard InChI is InChI=1S/C7H12F/c1-2-3-4-5-6-7-8/h4-5H,1-3,6-7H2. The molecule has 0 aliphatic heterocycles. The molecule has 0 nitrogen and oxygen atoms in total. The molecule has 0 saturated carbocycles. The number of rotatable bonds is 4. The quantitative estimate of drug-likeness (QED) is 0.494. The molecule has 0 amide bonds. The van der Waals surface area contributed by atoms with Crippen molar-refractivity contribution >= 4 is 0 Å². The van der Waals surface area contributed by atoms with Gasteiger partial charge < -0.3 is 0 Å². The highest BCUT2D eigenvalue weighted by Gasteiger charge is 1.74. The molecule has 0 aromatic heterocycles. The van der Waals surface area contributed by atoms with Crippen molar-refractivity contribution in [2.45, 2.75) is 19.3 Å². The van der Waals surface area contributed by atoms with E-state index in [1.165, 1.54) is 0 Å². The normalized spacial score (nSPS) is 10.8. The first-order valence-corrected chi connectivity index (χ1v) is 2.92. The zero-order valence-electron chi connectivity index (χ0n) is 5.07. The highest BCUT2D eigenvalue weighted by Crippen LogP contribution is 1.90. The van der Waals surface area contributed by atoms with Gasteiger partial charge in [-0.05, 0) is 19.3 Å². The average Bonchev–Trinajstić information content (AvgIpc) is 1.81. The highest BCUT2D eigenvalue weighted by atomic mass is 19.1. The Balaban J connectivity index is 2.83. The minimum Gasteiger partial charge on any atom is -0.251 e. The van der Waals surface area contributed by atoms with Gasteiger partial charge in [0.25, 0.3) is 0 Å². The fourth-order valence-corrected chi connectivity index (χ4v) is 0.417. The monoisotopic (exact) mass is 115 g/mol. The Morgan fingerprint density at radius 3 is 2.38 bits per heavy atom. The summed E-state index contributed by atoms with van der Waals surface area (Å²) in [5.74, 6) is 0. The molecular weight excluding hydrogens is 103 g/mol. The van der Waals surface area contributed by atoms with Crippen molar-refractivity contribution in [3.05, 3.63) is 19.1 Å². The Bertz CT molecular complexity index is 49.4. The van der Waals surface area contributed by atoms with Gasteiger partial charge >= 0.3 is 0 Å². The molecule has 1 heteroatoms. The fourth-order valence-electron chi connectivity index (χ4n) is 0.417. The molecule has 47 valence electrons. The van der Waals surface area contributed by atoms with Gasteiger partial charge in [-0.3, -0.25) is 4.39 Å². The van der Waals surface area contributed by atoms with E-state index < -0.39 is 0 Å². The minimum atomic E-state index is -0.242. The van der Waals surface area contributed by atoms with E-state index >= 15 is 0 Å². The SMILES string of the molecule is [CH2]CCC=CCCF. The van der Waals surface area contributed by atoms with Gasteiger partial charge in [0, 0.05) is 0 Å². The van der Waals surface area contributed by atoms with E-state index in [1.807, 2.05) is 12.2 Å². The second-order valence-electron chi connectivity index (χ2n) is 1.59. The summed E-state index contributed by atoms with van der Waals surface area (Å²) in [6, 6.07) is 0. The van der Waals surface area contributed by atoms with E-state index in [4.69, 9.17) is 0 Å². The third kappa shape index (κ3) is 5.67. The Morgan fingerprint density at radius 1 is 1.25 bits per heavy atom. The Kier molecular flexibility index (Phi) is 6.39. The molecule has 0 aliphatic rings. The molecule has 0 fully saturated rings. The number of halogens is 1. The van der Waals surface area contributed by atoms with E-state index in [-0.39, 0.29) is 6.67 Å². The zero-order valence-corrected chi connectivity index (χ0v) is 5.07. The van der Waals surface area contributed by atoms with Crippen LogP contribution in [-0.4, -0.2) is 6.67 Å². The van der Waals surface area contributed by atoms with Crippen LogP contribution in [0.3, 0.4) is 0 Å². The third-order valence-corrected chi connectivity index (χ3v) is 0.813. The van der Waals surface area contributed by atoms with Crippen LogP contribution >= 0.6 is 0 Å². The maximum Gasteiger partial charge on any atom is 0.0928 e. The highest BCUT2D eigenvalue weighted by molar-refractivity contribution is 4.81. The van der Waals surface area contributed by atoms with Crippen molar-refractivity contribution in [2.24, 2.45) is 0 Å². The summed E-state index contributed by atoms with van der Waals surface area (Å²) in [5.41, 5.74) is 0. The van der Waals surface area contributed by atoms with Gasteiger partial charge in [0.15, 0.2) is 0 Å². The molecule has 8 heavy (non-hydrogen) atoms. The summed E-state index contributed by atoms with van der Waals surface area (Å²) in [6.07, 6.45) is 6.25. The summed E-state index contributed by atoms with van der Waals surface area (Å²) in [4.78, 5) is 0. The number of unbranched alkanes of at least 4 members (excludes halogenated alkanes) is 1. The predicted octanol–water partition coefficient (Wildman–Crippen LogP) is 2.52. The molecule has 0 rings (SSSR count). The summed E-state index contributed by atoms with van der Waals surface area (Å²) in [6.45, 7) is 3.40. The largest absolute Gasteiger partial charge is 0.251 e. The van der Waals surface area contributed by atoms with Crippen LogP contribution in [0.15, 0.2) is 12.2 Å². The van der Waals surface area contributed by atoms with Gasteiger partial charge in [0.1, 0.15) is 0 Å². The van der Waals surface area contributed by atoms with E-state index in [1.54, 1.807) is 0 Å². The van der Waals surface area contributed by atoms with E-state index in [0.717, 1.165) is 12.8 Å². The number of allylic oxidation sites excluding steroid dienone is 2. The lowest BCUT2D eigenvalue weighted by atomic mass is 10.3. The number of alkyl halides is 1. The van der Waals surface area contributed by atoms with Gasteiger partial charge in [-0.2, -0.15) is 0 Å². The molecule has 0 N–H and O–H groups in total. The first-order chi connectivity index (χ1) is 3.91. The first-order valence-electron chi connectivity index (χ1n) is 2.92. The molecule has 0 bridgehead atoms. The van der Waals surface area contributed by atoms with Crippen molar-refractivity contribution in [1.29, 1.82) is 0 Å². The second-order valence-corrected chi connectivity index (χ2v) is 1.59. The van der Waals surface area contributed by atoms with Crippen LogP contribution in [0.1, 0.15) is 19.3 Å². The fraction of sp³-hybridized carbons (Fsp3) is 0.571. The topological polar surface area (TPSA) is 0 Å². The molecule has 0 saturated heterocycles. The van der Waals surface area contributed by atoms with Gasteiger partial charge in [-0.1, -0.05) is 19.1 Å². The summed E-state index contributed by atoms with van der Waals surface area (Å²) in [5, 5.41) is 0. The van der Waals surface area contributed by atoms with Gasteiger partial charge in [-0.25, -0.2) is 0 Å². The molecule has 0 heterocycles. The average molecular weight is 115 g/mol. The van der Waals surface area contributed by atoms with Crippen molar-refractivity contribution in [1.82, 2.24) is 0 Å². The lowest BCUT2D eigenvalue weighted by Gasteiger charge is -1.81. The van der Waals surface area contributed by atoms with E-state index in [0.29, 0.717) is 6.42 Å². The zero-order chi connectivity index (χ0) is 6.24.